The molecule has 2 rings (SSSR count). The summed E-state index contributed by atoms with van der Waals surface area (Å²) in [6, 6.07) is 12.8. The van der Waals surface area contributed by atoms with Crippen LogP contribution < -0.4 is 5.32 Å². The Morgan fingerprint density at radius 2 is 1.79 bits per heavy atom. The van der Waals surface area contributed by atoms with E-state index in [-0.39, 0.29) is 11.8 Å². The van der Waals surface area contributed by atoms with Gasteiger partial charge in [0, 0.05) is 11.1 Å². The van der Waals surface area contributed by atoms with E-state index in [1.165, 1.54) is 0 Å². The molecule has 0 heterocycles. The topological polar surface area (TPSA) is 32.3 Å². The molecule has 0 aromatic heterocycles. The molecular formula is C15H15Cl2NO. The molecule has 0 radical (unpaired) electrons. The number of rotatable bonds is 4. The highest BCUT2D eigenvalue weighted by molar-refractivity contribution is 6.36. The Morgan fingerprint density at radius 3 is 2.42 bits per heavy atom. The maximum atomic E-state index is 9.24. The van der Waals surface area contributed by atoms with Gasteiger partial charge in [-0.15, -0.1) is 0 Å². The Bertz CT molecular complexity index is 555. The minimum Gasteiger partial charge on any atom is -0.508 e. The van der Waals surface area contributed by atoms with Gasteiger partial charge < -0.3 is 10.4 Å². The van der Waals surface area contributed by atoms with Crippen LogP contribution in [0.15, 0.2) is 42.5 Å². The van der Waals surface area contributed by atoms with Gasteiger partial charge in [0.25, 0.3) is 0 Å². The summed E-state index contributed by atoms with van der Waals surface area (Å²) in [5.41, 5.74) is 2.03. The molecule has 2 aromatic rings. The lowest BCUT2D eigenvalue weighted by atomic mass is 10.1. The molecule has 0 aliphatic heterocycles. The van der Waals surface area contributed by atoms with Crippen LogP contribution in [-0.2, 0) is 6.42 Å². The molecule has 0 saturated carbocycles. The standard InChI is InChI=1S/C15H15Cl2NO/c1-10(8-11-2-5-13(19)6-3-11)18-15-7-4-12(16)9-14(15)17/h2-7,9-10,18-19H,8H2,1H3. The number of halogens is 2. The minimum atomic E-state index is 0.225. The lowest BCUT2D eigenvalue weighted by molar-refractivity contribution is 0.475. The Labute approximate surface area is 123 Å². The number of hydrogen-bond donors (Lipinski definition) is 2. The quantitative estimate of drug-likeness (QED) is 0.854. The van der Waals surface area contributed by atoms with Crippen molar-refractivity contribution in [3.63, 3.8) is 0 Å². The van der Waals surface area contributed by atoms with Gasteiger partial charge in [0.15, 0.2) is 0 Å². The average molecular weight is 296 g/mol. The summed E-state index contributed by atoms with van der Waals surface area (Å²) < 4.78 is 0. The first kappa shape index (κ1) is 14.0. The normalized spacial score (nSPS) is 12.2. The summed E-state index contributed by atoms with van der Waals surface area (Å²) in [5.74, 6) is 0.283. The van der Waals surface area contributed by atoms with Gasteiger partial charge in [0.1, 0.15) is 5.75 Å². The molecule has 2 N–H and O–H groups in total. The smallest absolute Gasteiger partial charge is 0.115 e. The molecule has 2 aromatic carbocycles. The first-order valence-electron chi connectivity index (χ1n) is 6.04. The molecule has 0 fully saturated rings. The second-order valence-electron chi connectivity index (χ2n) is 4.54. The zero-order chi connectivity index (χ0) is 13.8. The summed E-state index contributed by atoms with van der Waals surface area (Å²) in [6.07, 6.45) is 0.846. The Hall–Kier alpha value is -1.38. The predicted octanol–water partition coefficient (Wildman–Crippen LogP) is 4.74. The van der Waals surface area contributed by atoms with Crippen molar-refractivity contribution in [1.29, 1.82) is 0 Å². The second kappa shape index (κ2) is 6.18. The van der Waals surface area contributed by atoms with Crippen LogP contribution in [0.25, 0.3) is 0 Å². The van der Waals surface area contributed by atoms with Gasteiger partial charge in [-0.3, -0.25) is 0 Å². The molecule has 1 atom stereocenters. The van der Waals surface area contributed by atoms with Crippen LogP contribution in [0.2, 0.25) is 10.0 Å². The number of nitrogens with one attached hydrogen (secondary N) is 1. The van der Waals surface area contributed by atoms with Crippen molar-refractivity contribution >= 4 is 28.9 Å². The van der Waals surface area contributed by atoms with Crippen LogP contribution >= 0.6 is 23.2 Å². The first-order chi connectivity index (χ1) is 9.04. The summed E-state index contributed by atoms with van der Waals surface area (Å²) in [7, 11) is 0. The van der Waals surface area contributed by atoms with Crippen molar-refractivity contribution in [3.8, 4) is 5.75 Å². The molecule has 0 spiro atoms. The van der Waals surface area contributed by atoms with Crippen LogP contribution in [-0.4, -0.2) is 11.1 Å². The van der Waals surface area contributed by atoms with Gasteiger partial charge in [0.05, 0.1) is 10.7 Å². The largest absolute Gasteiger partial charge is 0.508 e. The Morgan fingerprint density at radius 1 is 1.11 bits per heavy atom. The maximum absolute atomic E-state index is 9.24. The maximum Gasteiger partial charge on any atom is 0.115 e. The predicted molar refractivity (Wildman–Crippen MR) is 81.4 cm³/mol. The fourth-order valence-electron chi connectivity index (χ4n) is 1.91. The van der Waals surface area contributed by atoms with Crippen molar-refractivity contribution in [2.24, 2.45) is 0 Å². The van der Waals surface area contributed by atoms with Gasteiger partial charge in [-0.25, -0.2) is 0 Å². The molecule has 2 nitrogen and oxygen atoms in total. The number of phenolic OH excluding ortho intramolecular Hbond substituents is 1. The number of phenols is 1. The number of aromatic hydroxyl groups is 1. The lowest BCUT2D eigenvalue weighted by Gasteiger charge is -2.16. The molecule has 4 heteroatoms. The zero-order valence-corrected chi connectivity index (χ0v) is 12.0. The van der Waals surface area contributed by atoms with Crippen LogP contribution in [0.1, 0.15) is 12.5 Å². The lowest BCUT2D eigenvalue weighted by Crippen LogP contribution is -2.18. The SMILES string of the molecule is CC(Cc1ccc(O)cc1)Nc1ccc(Cl)cc1Cl. The molecule has 0 amide bonds. The fourth-order valence-corrected chi connectivity index (χ4v) is 2.37. The van der Waals surface area contributed by atoms with E-state index >= 15 is 0 Å². The number of hydrogen-bond acceptors (Lipinski definition) is 2. The Balaban J connectivity index is 2.01. The van der Waals surface area contributed by atoms with E-state index in [1.54, 1.807) is 18.2 Å². The molecule has 1 unspecified atom stereocenters. The summed E-state index contributed by atoms with van der Waals surface area (Å²) in [4.78, 5) is 0. The van der Waals surface area contributed by atoms with E-state index in [9.17, 15) is 5.11 Å². The molecule has 0 aliphatic rings. The van der Waals surface area contributed by atoms with Gasteiger partial charge >= 0.3 is 0 Å². The molecule has 0 bridgehead atoms. The highest BCUT2D eigenvalue weighted by atomic mass is 35.5. The van der Waals surface area contributed by atoms with E-state index < -0.39 is 0 Å². The molecule has 0 saturated heterocycles. The number of benzene rings is 2. The van der Waals surface area contributed by atoms with E-state index in [2.05, 4.69) is 12.2 Å². The van der Waals surface area contributed by atoms with Crippen molar-refractivity contribution in [2.75, 3.05) is 5.32 Å². The van der Waals surface area contributed by atoms with Crippen molar-refractivity contribution in [3.05, 3.63) is 58.1 Å². The van der Waals surface area contributed by atoms with Gasteiger partial charge in [-0.1, -0.05) is 35.3 Å². The van der Waals surface area contributed by atoms with Crippen LogP contribution in [0, 0.1) is 0 Å². The molecule has 19 heavy (non-hydrogen) atoms. The van der Waals surface area contributed by atoms with Gasteiger partial charge in [-0.05, 0) is 49.2 Å². The third-order valence-corrected chi connectivity index (χ3v) is 3.36. The molecule has 100 valence electrons. The van der Waals surface area contributed by atoms with E-state index in [0.29, 0.717) is 10.0 Å². The second-order valence-corrected chi connectivity index (χ2v) is 5.38. The summed E-state index contributed by atoms with van der Waals surface area (Å²) in [6.45, 7) is 2.08. The zero-order valence-electron chi connectivity index (χ0n) is 10.5. The van der Waals surface area contributed by atoms with E-state index in [4.69, 9.17) is 23.2 Å². The van der Waals surface area contributed by atoms with Gasteiger partial charge in [0.2, 0.25) is 0 Å². The van der Waals surface area contributed by atoms with Crippen molar-refractivity contribution in [1.82, 2.24) is 0 Å². The summed E-state index contributed by atoms with van der Waals surface area (Å²) in [5, 5.41) is 13.8. The van der Waals surface area contributed by atoms with E-state index in [0.717, 1.165) is 17.7 Å². The molecular weight excluding hydrogens is 281 g/mol. The molecule has 0 aliphatic carbocycles. The highest BCUT2D eigenvalue weighted by Gasteiger charge is 2.07. The monoisotopic (exact) mass is 295 g/mol. The third kappa shape index (κ3) is 4.05. The van der Waals surface area contributed by atoms with E-state index in [1.807, 2.05) is 24.3 Å². The fraction of sp³-hybridized carbons (Fsp3) is 0.200. The highest BCUT2D eigenvalue weighted by Crippen LogP contribution is 2.26. The first-order valence-corrected chi connectivity index (χ1v) is 6.79. The van der Waals surface area contributed by atoms with Crippen LogP contribution in [0.3, 0.4) is 0 Å². The van der Waals surface area contributed by atoms with Crippen molar-refractivity contribution < 1.29 is 5.11 Å². The van der Waals surface area contributed by atoms with Crippen LogP contribution in [0.4, 0.5) is 5.69 Å². The third-order valence-electron chi connectivity index (χ3n) is 2.81. The minimum absolute atomic E-state index is 0.225. The van der Waals surface area contributed by atoms with Crippen LogP contribution in [0.5, 0.6) is 5.75 Å². The Kier molecular flexibility index (Phi) is 4.56. The van der Waals surface area contributed by atoms with Gasteiger partial charge in [-0.2, -0.15) is 0 Å². The van der Waals surface area contributed by atoms with Crippen molar-refractivity contribution in [2.45, 2.75) is 19.4 Å². The number of anilines is 1. The summed E-state index contributed by atoms with van der Waals surface area (Å²) >= 11 is 12.0. The average Bonchev–Trinajstić information content (AvgIpc) is 2.36.